The zero-order chi connectivity index (χ0) is 15.2. The molecule has 0 fully saturated rings. The van der Waals surface area contributed by atoms with Crippen molar-refractivity contribution in [3.63, 3.8) is 0 Å². The summed E-state index contributed by atoms with van der Waals surface area (Å²) < 4.78 is 29.9. The Bertz CT molecular complexity index is 607. The molecule has 6 nitrogen and oxygen atoms in total. The zero-order valence-electron chi connectivity index (χ0n) is 10.7. The van der Waals surface area contributed by atoms with Gasteiger partial charge in [0.05, 0.1) is 11.6 Å². The lowest BCUT2D eigenvalue weighted by Gasteiger charge is -2.09. The minimum Gasteiger partial charge on any atom is -0.433 e. The largest absolute Gasteiger partial charge is 0.433 e. The van der Waals surface area contributed by atoms with Crippen molar-refractivity contribution in [3.05, 3.63) is 35.9 Å². The zero-order valence-corrected chi connectivity index (χ0v) is 11.4. The predicted molar refractivity (Wildman–Crippen MR) is 71.4 cm³/mol. The van der Waals surface area contributed by atoms with Crippen LogP contribution in [0, 0.1) is 0 Å². The molecule has 0 aliphatic heterocycles. The van der Waals surface area contributed by atoms with Crippen molar-refractivity contribution in [1.29, 1.82) is 0 Å². The lowest BCUT2D eigenvalue weighted by atomic mass is 10.3. The van der Waals surface area contributed by atoms with Gasteiger partial charge in [-0.15, -0.1) is 0 Å². The first-order valence-electron chi connectivity index (χ1n) is 5.91. The SMILES string of the molecule is O=C(CCn1cncn1)Nc1ccc(OC(F)F)c(Cl)c1. The molecule has 1 heterocycles. The molecule has 1 N–H and O–H groups in total. The van der Waals surface area contributed by atoms with Crippen LogP contribution in [0.2, 0.25) is 5.02 Å². The third-order valence-corrected chi connectivity index (χ3v) is 2.76. The van der Waals surface area contributed by atoms with Crippen LogP contribution in [0.25, 0.3) is 0 Å². The fraction of sp³-hybridized carbons (Fsp3) is 0.250. The van der Waals surface area contributed by atoms with E-state index in [9.17, 15) is 13.6 Å². The molecule has 0 bridgehead atoms. The van der Waals surface area contributed by atoms with Crippen molar-refractivity contribution in [2.24, 2.45) is 0 Å². The van der Waals surface area contributed by atoms with Gasteiger partial charge in [0.15, 0.2) is 0 Å². The van der Waals surface area contributed by atoms with Crippen molar-refractivity contribution < 1.29 is 18.3 Å². The van der Waals surface area contributed by atoms with Crippen LogP contribution in [0.1, 0.15) is 6.42 Å². The normalized spacial score (nSPS) is 10.7. The van der Waals surface area contributed by atoms with Gasteiger partial charge >= 0.3 is 6.61 Å². The van der Waals surface area contributed by atoms with Crippen LogP contribution in [0.3, 0.4) is 0 Å². The second kappa shape index (κ2) is 6.98. The summed E-state index contributed by atoms with van der Waals surface area (Å²) in [6.45, 7) is -2.57. The monoisotopic (exact) mass is 316 g/mol. The number of ether oxygens (including phenoxy) is 1. The van der Waals surface area contributed by atoms with Crippen LogP contribution < -0.4 is 10.1 Å². The molecule has 0 aliphatic carbocycles. The Balaban J connectivity index is 1.90. The minimum absolute atomic E-state index is 0.00984. The predicted octanol–water partition coefficient (Wildman–Crippen LogP) is 2.56. The van der Waals surface area contributed by atoms with Crippen LogP contribution in [-0.2, 0) is 11.3 Å². The molecule has 0 aliphatic rings. The summed E-state index contributed by atoms with van der Waals surface area (Å²) in [4.78, 5) is 15.5. The van der Waals surface area contributed by atoms with Gasteiger partial charge in [-0.1, -0.05) is 11.6 Å². The first-order valence-corrected chi connectivity index (χ1v) is 6.29. The Kier molecular flexibility index (Phi) is 5.04. The molecule has 0 unspecified atom stereocenters. The van der Waals surface area contributed by atoms with Gasteiger partial charge in [-0.3, -0.25) is 9.48 Å². The number of alkyl halides is 2. The number of aromatic nitrogens is 3. The van der Waals surface area contributed by atoms with E-state index in [0.717, 1.165) is 0 Å². The second-order valence-corrected chi connectivity index (χ2v) is 4.39. The molecule has 0 radical (unpaired) electrons. The molecule has 112 valence electrons. The fourth-order valence-corrected chi connectivity index (χ4v) is 1.78. The topological polar surface area (TPSA) is 69.0 Å². The summed E-state index contributed by atoms with van der Waals surface area (Å²) >= 11 is 5.78. The molecule has 9 heteroatoms. The third kappa shape index (κ3) is 4.67. The summed E-state index contributed by atoms with van der Waals surface area (Å²) in [5.74, 6) is -0.406. The van der Waals surface area contributed by atoms with Crippen molar-refractivity contribution in [2.45, 2.75) is 19.6 Å². The highest BCUT2D eigenvalue weighted by Crippen LogP contribution is 2.28. The average molecular weight is 317 g/mol. The Labute approximate surface area is 123 Å². The highest BCUT2D eigenvalue weighted by atomic mass is 35.5. The molecule has 1 aromatic heterocycles. The number of nitrogens with zero attached hydrogens (tertiary/aromatic N) is 3. The molecule has 2 aromatic rings. The van der Waals surface area contributed by atoms with Crippen molar-refractivity contribution in [2.75, 3.05) is 5.32 Å². The van der Waals surface area contributed by atoms with Gasteiger partial charge in [0.2, 0.25) is 5.91 Å². The maximum Gasteiger partial charge on any atom is 0.387 e. The molecular weight excluding hydrogens is 306 g/mol. The number of rotatable bonds is 6. The molecule has 0 saturated heterocycles. The maximum absolute atomic E-state index is 12.1. The number of carbonyl (C=O) groups is 1. The fourth-order valence-electron chi connectivity index (χ4n) is 1.56. The Morgan fingerprint density at radius 1 is 1.48 bits per heavy atom. The Morgan fingerprint density at radius 3 is 2.90 bits per heavy atom. The van der Waals surface area contributed by atoms with Crippen LogP contribution in [-0.4, -0.2) is 27.3 Å². The number of aryl methyl sites for hydroxylation is 1. The molecule has 0 spiro atoms. The van der Waals surface area contributed by atoms with E-state index < -0.39 is 6.61 Å². The first-order chi connectivity index (χ1) is 10.0. The summed E-state index contributed by atoms with van der Waals surface area (Å²) in [6.07, 6.45) is 3.07. The summed E-state index contributed by atoms with van der Waals surface area (Å²) in [5, 5.41) is 6.45. The highest BCUT2D eigenvalue weighted by Gasteiger charge is 2.10. The Morgan fingerprint density at radius 2 is 2.29 bits per heavy atom. The summed E-state index contributed by atoms with van der Waals surface area (Å²) in [6, 6.07) is 4.03. The van der Waals surface area contributed by atoms with Gasteiger partial charge in [-0.2, -0.15) is 13.9 Å². The number of carbonyl (C=O) groups excluding carboxylic acids is 1. The molecule has 0 atom stereocenters. The van der Waals surface area contributed by atoms with E-state index in [0.29, 0.717) is 12.2 Å². The van der Waals surface area contributed by atoms with E-state index in [1.165, 1.54) is 35.5 Å². The summed E-state index contributed by atoms with van der Waals surface area (Å²) in [7, 11) is 0. The highest BCUT2D eigenvalue weighted by molar-refractivity contribution is 6.32. The maximum atomic E-state index is 12.1. The van der Waals surface area contributed by atoms with Crippen LogP contribution in [0.15, 0.2) is 30.9 Å². The van der Waals surface area contributed by atoms with Gasteiger partial charge in [0, 0.05) is 12.1 Å². The van der Waals surface area contributed by atoms with Crippen LogP contribution >= 0.6 is 11.6 Å². The first kappa shape index (κ1) is 15.2. The smallest absolute Gasteiger partial charge is 0.387 e. The lowest BCUT2D eigenvalue weighted by Crippen LogP contribution is -2.14. The molecule has 21 heavy (non-hydrogen) atoms. The molecular formula is C12H11ClF2N4O2. The van der Waals surface area contributed by atoms with Gasteiger partial charge in [-0.25, -0.2) is 4.98 Å². The van der Waals surface area contributed by atoms with E-state index in [1.807, 2.05) is 0 Å². The number of anilines is 1. The van der Waals surface area contributed by atoms with E-state index in [-0.39, 0.29) is 23.1 Å². The number of nitrogens with one attached hydrogen (secondary N) is 1. The van der Waals surface area contributed by atoms with E-state index in [2.05, 4.69) is 20.1 Å². The summed E-state index contributed by atoms with van der Waals surface area (Å²) in [5.41, 5.74) is 0.394. The second-order valence-electron chi connectivity index (χ2n) is 3.98. The van der Waals surface area contributed by atoms with Crippen molar-refractivity contribution in [3.8, 4) is 5.75 Å². The van der Waals surface area contributed by atoms with Crippen molar-refractivity contribution in [1.82, 2.24) is 14.8 Å². The number of halogens is 3. The molecule has 1 amide bonds. The minimum atomic E-state index is -2.95. The quantitative estimate of drug-likeness (QED) is 0.889. The lowest BCUT2D eigenvalue weighted by molar-refractivity contribution is -0.116. The number of hydrogen-bond donors (Lipinski definition) is 1. The van der Waals surface area contributed by atoms with E-state index in [4.69, 9.17) is 11.6 Å². The average Bonchev–Trinajstić information content (AvgIpc) is 2.92. The molecule has 0 saturated carbocycles. The Hall–Kier alpha value is -2.22. The molecule has 2 rings (SSSR count). The van der Waals surface area contributed by atoms with Crippen molar-refractivity contribution >= 4 is 23.2 Å². The van der Waals surface area contributed by atoms with Crippen LogP contribution in [0.5, 0.6) is 5.75 Å². The van der Waals surface area contributed by atoms with Gasteiger partial charge in [-0.05, 0) is 18.2 Å². The van der Waals surface area contributed by atoms with Crippen LogP contribution in [0.4, 0.5) is 14.5 Å². The standard InChI is InChI=1S/C12H11ClF2N4O2/c13-9-5-8(1-2-10(9)21-12(14)15)18-11(20)3-4-19-7-16-6-17-19/h1-2,5-7,12H,3-4H2,(H,18,20). The van der Waals surface area contributed by atoms with E-state index >= 15 is 0 Å². The van der Waals surface area contributed by atoms with E-state index in [1.54, 1.807) is 0 Å². The third-order valence-electron chi connectivity index (χ3n) is 2.47. The number of hydrogen-bond acceptors (Lipinski definition) is 4. The number of benzene rings is 1. The van der Waals surface area contributed by atoms with Gasteiger partial charge < -0.3 is 10.1 Å². The van der Waals surface area contributed by atoms with Gasteiger partial charge in [0.1, 0.15) is 18.4 Å². The number of amides is 1. The molecule has 1 aromatic carbocycles. The van der Waals surface area contributed by atoms with Gasteiger partial charge in [0.25, 0.3) is 0 Å².